The zero-order valence-electron chi connectivity index (χ0n) is 36.6. The van der Waals surface area contributed by atoms with Crippen molar-refractivity contribution in [1.29, 1.82) is 0 Å². The van der Waals surface area contributed by atoms with E-state index in [4.69, 9.17) is 19.4 Å². The summed E-state index contributed by atoms with van der Waals surface area (Å²) in [5, 5.41) is 2.72. The average molecular weight is 831 g/mol. The molecule has 6 unspecified atom stereocenters. The van der Waals surface area contributed by atoms with E-state index >= 15 is 0 Å². The predicted octanol–water partition coefficient (Wildman–Crippen LogP) is 8.21. The van der Waals surface area contributed by atoms with Crippen LogP contribution in [-0.2, 0) is 19.1 Å². The summed E-state index contributed by atoms with van der Waals surface area (Å²) >= 11 is 0. The smallest absolute Gasteiger partial charge is 0.409 e. The molecule has 0 radical (unpaired) electrons. The number of nitrogens with zero attached hydrogens (tertiary/aromatic N) is 5. The van der Waals surface area contributed by atoms with Gasteiger partial charge in [-0.15, -0.1) is 0 Å². The molecule has 0 saturated carbocycles. The van der Waals surface area contributed by atoms with E-state index in [9.17, 15) is 19.2 Å². The molecule has 6 atom stereocenters. The van der Waals surface area contributed by atoms with Gasteiger partial charge in [-0.3, -0.25) is 14.5 Å². The SMILES string of the molecule is COC(=O)NC(C(=O)N1CC(C)CC1c1ncc(-c2ccc(-c3ccc(-c4ccc5nc(C6CC(C)CN6C(=O)C(C(C)C)N(C)C(=O)OC)[nH]c5c4)cc3)cc2)[nH]1)C(C)C. The number of amides is 4. The first-order valence-electron chi connectivity index (χ1n) is 21.2. The van der Waals surface area contributed by atoms with Crippen molar-refractivity contribution in [3.05, 3.63) is 84.6 Å². The largest absolute Gasteiger partial charge is 0.453 e. The summed E-state index contributed by atoms with van der Waals surface area (Å²) in [5.41, 5.74) is 7.83. The van der Waals surface area contributed by atoms with Gasteiger partial charge in [0.15, 0.2) is 0 Å². The molecule has 2 aliphatic heterocycles. The van der Waals surface area contributed by atoms with Crippen molar-refractivity contribution in [1.82, 2.24) is 40.0 Å². The Kier molecular flexibility index (Phi) is 12.5. The number of carbonyl (C=O) groups is 4. The highest BCUT2D eigenvalue weighted by Gasteiger charge is 2.43. The van der Waals surface area contributed by atoms with Gasteiger partial charge < -0.3 is 34.6 Å². The molecular weight excluding hydrogens is 773 g/mol. The number of aromatic nitrogens is 4. The van der Waals surface area contributed by atoms with Gasteiger partial charge in [0.1, 0.15) is 23.7 Å². The molecule has 0 bridgehead atoms. The van der Waals surface area contributed by atoms with Crippen molar-refractivity contribution in [2.75, 3.05) is 34.4 Å². The van der Waals surface area contributed by atoms with E-state index < -0.39 is 24.3 Å². The lowest BCUT2D eigenvalue weighted by Gasteiger charge is -2.34. The highest BCUT2D eigenvalue weighted by Crippen LogP contribution is 2.38. The van der Waals surface area contributed by atoms with Gasteiger partial charge >= 0.3 is 12.2 Å². The first-order chi connectivity index (χ1) is 29.2. The fraction of sp³-hybridized carbons (Fsp3) is 0.447. The Hall–Kier alpha value is -6.18. The molecule has 2 aliphatic rings. The Labute approximate surface area is 357 Å². The molecule has 5 aromatic rings. The Bertz CT molecular complexity index is 2370. The number of methoxy groups -OCH3 is 2. The number of rotatable bonds is 11. The Morgan fingerprint density at radius 3 is 1.82 bits per heavy atom. The maximum absolute atomic E-state index is 14.0. The van der Waals surface area contributed by atoms with Gasteiger partial charge in [0.25, 0.3) is 0 Å². The number of imidazole rings is 2. The third kappa shape index (κ3) is 8.85. The van der Waals surface area contributed by atoms with Crippen LogP contribution in [0, 0.1) is 23.7 Å². The molecule has 14 nitrogen and oxygen atoms in total. The number of carbonyl (C=O) groups excluding carboxylic acids is 4. The predicted molar refractivity (Wildman–Crippen MR) is 234 cm³/mol. The van der Waals surface area contributed by atoms with Crippen LogP contribution in [0.5, 0.6) is 0 Å². The van der Waals surface area contributed by atoms with Gasteiger partial charge in [-0.05, 0) is 76.5 Å². The minimum Gasteiger partial charge on any atom is -0.453 e. The lowest BCUT2D eigenvalue weighted by atomic mass is 9.99. The molecule has 2 aromatic heterocycles. The van der Waals surface area contributed by atoms with E-state index in [0.717, 1.165) is 69.0 Å². The topological polar surface area (TPSA) is 166 Å². The van der Waals surface area contributed by atoms with Crippen molar-refractivity contribution < 1.29 is 28.7 Å². The van der Waals surface area contributed by atoms with Gasteiger partial charge in [-0.25, -0.2) is 19.6 Å². The fourth-order valence-corrected chi connectivity index (χ4v) is 9.02. The number of aromatic amines is 2. The summed E-state index contributed by atoms with van der Waals surface area (Å²) in [4.78, 5) is 73.9. The minimum absolute atomic E-state index is 0.102. The normalized spacial score (nSPS) is 20.0. The molecule has 4 amide bonds. The van der Waals surface area contributed by atoms with Gasteiger partial charge in [0.2, 0.25) is 11.8 Å². The summed E-state index contributed by atoms with van der Waals surface area (Å²) in [5.74, 6) is 1.57. The Balaban J connectivity index is 1.04. The van der Waals surface area contributed by atoms with E-state index in [-0.39, 0.29) is 47.6 Å². The second-order valence-corrected chi connectivity index (χ2v) is 17.5. The Morgan fingerprint density at radius 2 is 1.26 bits per heavy atom. The van der Waals surface area contributed by atoms with Crippen molar-refractivity contribution in [3.63, 3.8) is 0 Å². The van der Waals surface area contributed by atoms with Crippen LogP contribution in [0.15, 0.2) is 72.9 Å². The molecule has 61 heavy (non-hydrogen) atoms. The van der Waals surface area contributed by atoms with Crippen molar-refractivity contribution in [2.24, 2.45) is 23.7 Å². The van der Waals surface area contributed by atoms with Gasteiger partial charge in [-0.2, -0.15) is 0 Å². The maximum Gasteiger partial charge on any atom is 0.409 e. The number of hydrogen-bond donors (Lipinski definition) is 3. The molecule has 3 aromatic carbocycles. The zero-order chi connectivity index (χ0) is 43.7. The molecule has 14 heteroatoms. The van der Waals surface area contributed by atoms with Crippen molar-refractivity contribution >= 4 is 35.0 Å². The van der Waals surface area contributed by atoms with Gasteiger partial charge in [-0.1, -0.05) is 96.1 Å². The van der Waals surface area contributed by atoms with Crippen LogP contribution in [0.2, 0.25) is 0 Å². The number of benzene rings is 3. The van der Waals surface area contributed by atoms with E-state index in [2.05, 4.69) is 89.8 Å². The van der Waals surface area contributed by atoms with Crippen LogP contribution in [0.1, 0.15) is 78.1 Å². The highest BCUT2D eigenvalue weighted by molar-refractivity contribution is 5.88. The molecule has 2 fully saturated rings. The van der Waals surface area contributed by atoms with Crippen LogP contribution >= 0.6 is 0 Å². The number of ether oxygens (including phenoxy) is 2. The molecule has 0 aliphatic carbocycles. The number of H-pyrrole nitrogens is 2. The second kappa shape index (κ2) is 17.8. The van der Waals surface area contributed by atoms with Crippen LogP contribution < -0.4 is 5.32 Å². The van der Waals surface area contributed by atoms with Crippen molar-refractivity contribution in [3.8, 4) is 33.5 Å². The number of likely N-dealkylation sites (N-methyl/N-ethyl adjacent to an activating group) is 1. The number of alkyl carbamates (subject to hydrolysis) is 1. The lowest BCUT2D eigenvalue weighted by Crippen LogP contribution is -2.52. The third-order valence-corrected chi connectivity index (χ3v) is 12.2. The Morgan fingerprint density at radius 1 is 0.721 bits per heavy atom. The molecule has 7 rings (SSSR count). The molecule has 0 spiro atoms. The van der Waals surface area contributed by atoms with E-state index in [0.29, 0.717) is 13.1 Å². The lowest BCUT2D eigenvalue weighted by molar-refractivity contribution is -0.139. The quantitative estimate of drug-likeness (QED) is 0.120. The van der Waals surface area contributed by atoms with Gasteiger partial charge in [0, 0.05) is 20.1 Å². The number of hydrogen-bond acceptors (Lipinski definition) is 8. The summed E-state index contributed by atoms with van der Waals surface area (Å²) < 4.78 is 9.73. The third-order valence-electron chi connectivity index (χ3n) is 12.2. The van der Waals surface area contributed by atoms with E-state index in [1.165, 1.54) is 19.1 Å². The minimum atomic E-state index is -0.699. The van der Waals surface area contributed by atoms with Gasteiger partial charge in [0.05, 0.1) is 49.2 Å². The molecular formula is C47H58N8O6. The molecule has 3 N–H and O–H groups in total. The summed E-state index contributed by atoms with van der Waals surface area (Å²) in [6.07, 6.45) is 2.20. The summed E-state index contributed by atoms with van der Waals surface area (Å²) in [6.45, 7) is 13.1. The summed E-state index contributed by atoms with van der Waals surface area (Å²) in [7, 11) is 4.23. The standard InChI is InChI=1S/C47H58N8O6/c1-26(2)40(52-46(58)60-8)44(56)54-24-28(5)20-38(54)42-48-23-37(51-42)33-16-14-31(15-17-33)30-10-12-32(13-11-30)34-18-19-35-36(22-34)50-43(49-35)39-21-29(6)25-55(39)45(57)41(27(3)4)53(7)47(59)61-9/h10-19,22-23,26-29,38-41H,20-21,24-25H2,1-9H3,(H,48,51)(H,49,50)(H,52,58). The molecule has 4 heterocycles. The second-order valence-electron chi connectivity index (χ2n) is 17.5. The maximum atomic E-state index is 14.0. The monoisotopic (exact) mass is 830 g/mol. The number of fused-ring (bicyclic) bond motifs is 1. The van der Waals surface area contributed by atoms with E-state index in [1.54, 1.807) is 7.05 Å². The van der Waals surface area contributed by atoms with E-state index in [1.807, 2.05) is 49.8 Å². The fourth-order valence-electron chi connectivity index (χ4n) is 9.02. The van der Waals surface area contributed by atoms with Crippen LogP contribution in [0.3, 0.4) is 0 Å². The van der Waals surface area contributed by atoms with Crippen molar-refractivity contribution in [2.45, 2.75) is 78.6 Å². The van der Waals surface area contributed by atoms with Crippen LogP contribution in [0.4, 0.5) is 9.59 Å². The number of nitrogens with one attached hydrogen (secondary N) is 3. The van der Waals surface area contributed by atoms with Crippen LogP contribution in [0.25, 0.3) is 44.5 Å². The highest BCUT2D eigenvalue weighted by atomic mass is 16.5. The molecule has 322 valence electrons. The number of likely N-dealkylation sites (tertiary alicyclic amines) is 2. The van der Waals surface area contributed by atoms with Crippen LogP contribution in [-0.4, -0.2) is 105 Å². The average Bonchev–Trinajstić information content (AvgIpc) is 4.07. The first-order valence-corrected chi connectivity index (χ1v) is 21.2. The first kappa shape index (κ1) is 42.9. The zero-order valence-corrected chi connectivity index (χ0v) is 36.6. The summed E-state index contributed by atoms with van der Waals surface area (Å²) in [6, 6.07) is 21.2. The molecule has 2 saturated heterocycles.